The molecule has 262 valence electrons. The third-order valence-corrected chi connectivity index (χ3v) is 12.4. The zero-order valence-electron chi connectivity index (χ0n) is 30.6. The summed E-state index contributed by atoms with van der Waals surface area (Å²) in [5.74, 6) is 0. The number of benzene rings is 10. The second kappa shape index (κ2) is 13.4. The van der Waals surface area contributed by atoms with Gasteiger partial charge in [-0.15, -0.1) is 11.3 Å². The molecule has 1 nitrogen and oxygen atoms in total. The first kappa shape index (κ1) is 32.4. The van der Waals surface area contributed by atoms with E-state index < -0.39 is 0 Å². The Morgan fingerprint density at radius 1 is 0.304 bits per heavy atom. The number of anilines is 3. The Kier molecular flexibility index (Phi) is 7.75. The molecule has 0 radical (unpaired) electrons. The lowest BCUT2D eigenvalue weighted by Gasteiger charge is -2.28. The smallest absolute Gasteiger partial charge is 0.0555 e. The Labute approximate surface area is 330 Å². The van der Waals surface area contributed by atoms with Crippen LogP contribution in [0.4, 0.5) is 17.1 Å². The average Bonchev–Trinajstić information content (AvgIpc) is 3.66. The molecule has 10 aromatic carbocycles. The topological polar surface area (TPSA) is 3.24 Å². The van der Waals surface area contributed by atoms with Gasteiger partial charge < -0.3 is 4.90 Å². The monoisotopic (exact) mass is 729 g/mol. The maximum absolute atomic E-state index is 2.48. The van der Waals surface area contributed by atoms with Crippen LogP contribution in [0.2, 0.25) is 0 Å². The lowest BCUT2D eigenvalue weighted by atomic mass is 9.95. The second-order valence-corrected chi connectivity index (χ2v) is 15.6. The number of hydrogen-bond donors (Lipinski definition) is 0. The quantitative estimate of drug-likeness (QED) is 0.154. The Morgan fingerprint density at radius 3 is 1.71 bits per heavy atom. The molecule has 2 heteroatoms. The Balaban J connectivity index is 1.10. The van der Waals surface area contributed by atoms with Gasteiger partial charge in [-0.1, -0.05) is 170 Å². The molecule has 0 N–H and O–H groups in total. The fraction of sp³-hybridized carbons (Fsp3) is 0. The van der Waals surface area contributed by atoms with Gasteiger partial charge >= 0.3 is 0 Å². The minimum Gasteiger partial charge on any atom is -0.309 e. The fourth-order valence-corrected chi connectivity index (χ4v) is 9.72. The molecule has 0 unspecified atom stereocenters. The zero-order chi connectivity index (χ0) is 37.0. The van der Waals surface area contributed by atoms with Crippen molar-refractivity contribution in [1.29, 1.82) is 0 Å². The molecule has 1 aromatic heterocycles. The Morgan fingerprint density at radius 2 is 0.911 bits per heavy atom. The highest BCUT2D eigenvalue weighted by Gasteiger charge is 2.21. The molecule has 11 rings (SSSR count). The fourth-order valence-electron chi connectivity index (χ4n) is 8.55. The van der Waals surface area contributed by atoms with Crippen molar-refractivity contribution < 1.29 is 0 Å². The van der Waals surface area contributed by atoms with Crippen molar-refractivity contribution in [3.8, 4) is 33.4 Å². The van der Waals surface area contributed by atoms with E-state index >= 15 is 0 Å². The number of nitrogens with zero attached hydrogens (tertiary/aromatic N) is 1. The van der Waals surface area contributed by atoms with Gasteiger partial charge in [0.2, 0.25) is 0 Å². The van der Waals surface area contributed by atoms with E-state index in [9.17, 15) is 0 Å². The normalized spacial score (nSPS) is 11.6. The summed E-state index contributed by atoms with van der Waals surface area (Å²) >= 11 is 1.87. The lowest BCUT2D eigenvalue weighted by Crippen LogP contribution is -2.11. The third-order valence-electron chi connectivity index (χ3n) is 11.3. The van der Waals surface area contributed by atoms with Gasteiger partial charge in [0.05, 0.1) is 11.4 Å². The van der Waals surface area contributed by atoms with Crippen LogP contribution in [0.3, 0.4) is 0 Å². The molecule has 0 amide bonds. The minimum atomic E-state index is 1.12. The molecule has 0 saturated carbocycles. The molecule has 0 aliphatic rings. The van der Waals surface area contributed by atoms with Gasteiger partial charge in [-0.3, -0.25) is 0 Å². The van der Waals surface area contributed by atoms with Crippen LogP contribution in [0.25, 0.3) is 85.9 Å². The number of thiophene rings is 1. The summed E-state index contributed by atoms with van der Waals surface area (Å²) in [6, 6.07) is 77.7. The average molecular weight is 730 g/mol. The Hall–Kier alpha value is -7.00. The predicted molar refractivity (Wildman–Crippen MR) is 243 cm³/mol. The van der Waals surface area contributed by atoms with Crippen LogP contribution in [0.1, 0.15) is 0 Å². The lowest BCUT2D eigenvalue weighted by molar-refractivity contribution is 1.32. The summed E-state index contributed by atoms with van der Waals surface area (Å²) in [4.78, 5) is 2.48. The summed E-state index contributed by atoms with van der Waals surface area (Å²) in [6.07, 6.45) is 0. The van der Waals surface area contributed by atoms with Crippen LogP contribution in [0, 0.1) is 0 Å². The molecular formula is C54H35NS. The van der Waals surface area contributed by atoms with Gasteiger partial charge in [0.1, 0.15) is 0 Å². The predicted octanol–water partition coefficient (Wildman–Crippen LogP) is 16.0. The molecule has 0 atom stereocenters. The number of hydrogen-bond acceptors (Lipinski definition) is 2. The first-order valence-corrected chi connectivity index (χ1v) is 20.0. The molecule has 11 aromatic rings. The van der Waals surface area contributed by atoms with Gasteiger partial charge in [0.15, 0.2) is 0 Å². The summed E-state index contributed by atoms with van der Waals surface area (Å²) in [5.41, 5.74) is 10.8. The number of fused-ring (bicyclic) bond motifs is 7. The van der Waals surface area contributed by atoms with Crippen molar-refractivity contribution in [3.05, 3.63) is 212 Å². The van der Waals surface area contributed by atoms with Gasteiger partial charge in [-0.05, 0) is 103 Å². The maximum atomic E-state index is 2.48. The Bertz CT molecular complexity index is 3230. The van der Waals surface area contributed by atoms with Crippen molar-refractivity contribution in [2.45, 2.75) is 0 Å². The highest BCUT2D eigenvalue weighted by atomic mass is 32.1. The van der Waals surface area contributed by atoms with Crippen molar-refractivity contribution in [2.75, 3.05) is 4.90 Å². The SMILES string of the molecule is c1ccc(-c2ccc3c(c2)sc2cccc(N(c4ccc(-c5ccc6c(ccc7ccccc76)c5)cc4)c4ccc(-c5ccccc5)c5ccccc45)c23)cc1. The largest absolute Gasteiger partial charge is 0.309 e. The highest BCUT2D eigenvalue weighted by Crippen LogP contribution is 2.48. The van der Waals surface area contributed by atoms with Gasteiger partial charge in [-0.25, -0.2) is 0 Å². The van der Waals surface area contributed by atoms with E-state index in [1.165, 1.54) is 91.6 Å². The summed E-state index contributed by atoms with van der Waals surface area (Å²) in [5, 5.41) is 10.1. The molecule has 0 fully saturated rings. The van der Waals surface area contributed by atoms with Crippen molar-refractivity contribution >= 4 is 80.9 Å². The standard InChI is InChI=1S/C54H35NS/c1-3-12-36(13-4-1)41-27-31-49-53(35-41)56-52-21-11-20-51(54(49)52)55(50-33-32-45(38-14-5-2-6-15-38)47-18-9-10-19-48(47)50)43-28-24-37(25-29-43)40-26-30-46-42(34-40)23-22-39-16-7-8-17-44(39)46/h1-35H. The molecular weight excluding hydrogens is 695 g/mol. The van der Waals surface area contributed by atoms with Crippen LogP contribution in [0.15, 0.2) is 212 Å². The third kappa shape index (κ3) is 5.46. The molecule has 0 aliphatic carbocycles. The summed E-state index contributed by atoms with van der Waals surface area (Å²) in [7, 11) is 0. The summed E-state index contributed by atoms with van der Waals surface area (Å²) < 4.78 is 2.57. The first-order valence-electron chi connectivity index (χ1n) is 19.2. The zero-order valence-corrected chi connectivity index (χ0v) is 31.4. The molecule has 56 heavy (non-hydrogen) atoms. The molecule has 0 aliphatic heterocycles. The van der Waals surface area contributed by atoms with Crippen LogP contribution in [-0.4, -0.2) is 0 Å². The molecule has 1 heterocycles. The van der Waals surface area contributed by atoms with Gasteiger partial charge in [0, 0.05) is 31.2 Å². The van der Waals surface area contributed by atoms with E-state index in [-0.39, 0.29) is 0 Å². The highest BCUT2D eigenvalue weighted by molar-refractivity contribution is 7.26. The van der Waals surface area contributed by atoms with Crippen molar-refractivity contribution in [1.82, 2.24) is 0 Å². The summed E-state index contributed by atoms with van der Waals surface area (Å²) in [6.45, 7) is 0. The van der Waals surface area contributed by atoms with E-state index in [1.807, 2.05) is 11.3 Å². The van der Waals surface area contributed by atoms with E-state index in [4.69, 9.17) is 0 Å². The van der Waals surface area contributed by atoms with Gasteiger partial charge in [-0.2, -0.15) is 0 Å². The van der Waals surface area contributed by atoms with Gasteiger partial charge in [0.25, 0.3) is 0 Å². The van der Waals surface area contributed by atoms with Crippen LogP contribution < -0.4 is 4.90 Å². The van der Waals surface area contributed by atoms with E-state index in [2.05, 4.69) is 217 Å². The second-order valence-electron chi connectivity index (χ2n) is 14.5. The van der Waals surface area contributed by atoms with Crippen molar-refractivity contribution in [3.63, 3.8) is 0 Å². The van der Waals surface area contributed by atoms with E-state index in [0.717, 1.165) is 11.4 Å². The maximum Gasteiger partial charge on any atom is 0.0555 e. The number of rotatable bonds is 6. The van der Waals surface area contributed by atoms with E-state index in [1.54, 1.807) is 0 Å². The first-order chi connectivity index (χ1) is 27.8. The molecule has 0 bridgehead atoms. The molecule has 0 spiro atoms. The van der Waals surface area contributed by atoms with Crippen LogP contribution in [-0.2, 0) is 0 Å². The molecule has 0 saturated heterocycles. The van der Waals surface area contributed by atoms with Crippen LogP contribution in [0.5, 0.6) is 0 Å². The van der Waals surface area contributed by atoms with Crippen LogP contribution >= 0.6 is 11.3 Å². The van der Waals surface area contributed by atoms with Crippen molar-refractivity contribution in [2.24, 2.45) is 0 Å². The minimum absolute atomic E-state index is 1.12. The van der Waals surface area contributed by atoms with E-state index in [0.29, 0.717) is 0 Å².